The van der Waals surface area contributed by atoms with Crippen LogP contribution in [0.3, 0.4) is 0 Å². The van der Waals surface area contributed by atoms with Crippen LogP contribution in [0.5, 0.6) is 0 Å². The van der Waals surface area contributed by atoms with E-state index in [0.29, 0.717) is 16.0 Å². The van der Waals surface area contributed by atoms with E-state index in [1.54, 1.807) is 24.3 Å². The first-order chi connectivity index (χ1) is 10.6. The molecule has 22 heavy (non-hydrogen) atoms. The quantitative estimate of drug-likeness (QED) is 0.410. The summed E-state index contributed by atoms with van der Waals surface area (Å²) >= 11 is 5.91. The van der Waals surface area contributed by atoms with Gasteiger partial charge in [-0.05, 0) is 35.9 Å². The van der Waals surface area contributed by atoms with Crippen LogP contribution in [0, 0.1) is 0 Å². The minimum atomic E-state index is -0.655. The van der Waals surface area contributed by atoms with Gasteiger partial charge in [0, 0.05) is 10.4 Å². The molecule has 1 heterocycles. The number of allylic oxidation sites excluding steroid dienone is 1. The molecular weight excluding hydrogens is 300 g/mol. The van der Waals surface area contributed by atoms with Gasteiger partial charge in [-0.15, -0.1) is 0 Å². The molecule has 1 aromatic heterocycles. The second-order valence-corrected chi connectivity index (χ2v) is 5.17. The van der Waals surface area contributed by atoms with Crippen molar-refractivity contribution in [2.45, 2.75) is 0 Å². The number of carbonyl (C=O) groups excluding carboxylic acids is 1. The molecule has 4 heteroatoms. The molecule has 108 valence electrons. The second-order valence-electron chi connectivity index (χ2n) is 4.74. The smallest absolute Gasteiger partial charge is 0.347 e. The van der Waals surface area contributed by atoms with Gasteiger partial charge in [0.05, 0.1) is 0 Å². The van der Waals surface area contributed by atoms with E-state index in [2.05, 4.69) is 0 Å². The predicted molar refractivity (Wildman–Crippen MR) is 87.3 cm³/mol. The molecule has 0 N–H and O–H groups in total. The van der Waals surface area contributed by atoms with Gasteiger partial charge in [-0.3, -0.25) is 4.79 Å². The van der Waals surface area contributed by atoms with Crippen molar-refractivity contribution in [2.24, 2.45) is 0 Å². The first-order valence-electron chi connectivity index (χ1n) is 6.64. The molecular formula is C18H11ClO3. The Balaban J connectivity index is 1.98. The average molecular weight is 311 g/mol. The summed E-state index contributed by atoms with van der Waals surface area (Å²) < 4.78 is 5.15. The fraction of sp³-hybridized carbons (Fsp3) is 0. The van der Waals surface area contributed by atoms with E-state index in [1.165, 1.54) is 12.1 Å². The van der Waals surface area contributed by atoms with Crippen molar-refractivity contribution in [3.05, 3.63) is 87.2 Å². The second kappa shape index (κ2) is 6.00. The molecule has 0 atom stereocenters. The summed E-state index contributed by atoms with van der Waals surface area (Å²) in [5.41, 5.74) is 0.613. The van der Waals surface area contributed by atoms with Crippen LogP contribution in [0.25, 0.3) is 17.0 Å². The van der Waals surface area contributed by atoms with Crippen LogP contribution in [-0.4, -0.2) is 5.78 Å². The van der Waals surface area contributed by atoms with Crippen molar-refractivity contribution < 1.29 is 9.21 Å². The molecule has 2 aromatic carbocycles. The molecule has 3 nitrogen and oxygen atoms in total. The molecule has 0 aliphatic rings. The Morgan fingerprint density at radius 1 is 1.05 bits per heavy atom. The molecule has 0 aliphatic carbocycles. The highest BCUT2D eigenvalue weighted by atomic mass is 35.5. The minimum Gasteiger partial charge on any atom is -0.422 e. The Labute approximate surface area is 131 Å². The number of hydrogen-bond acceptors (Lipinski definition) is 3. The van der Waals surface area contributed by atoms with E-state index < -0.39 is 11.4 Å². The van der Waals surface area contributed by atoms with Gasteiger partial charge in [0.1, 0.15) is 11.1 Å². The topological polar surface area (TPSA) is 47.3 Å². The van der Waals surface area contributed by atoms with Crippen LogP contribution >= 0.6 is 11.6 Å². The molecule has 0 amide bonds. The third kappa shape index (κ3) is 3.00. The highest BCUT2D eigenvalue weighted by Crippen LogP contribution is 2.19. The molecule has 0 spiro atoms. The minimum absolute atomic E-state index is 0.0121. The van der Waals surface area contributed by atoms with Gasteiger partial charge in [-0.25, -0.2) is 4.79 Å². The SMILES string of the molecule is O=C(/C=C/c1ccccc1)c1cc2cc(Cl)ccc2oc1=O. The van der Waals surface area contributed by atoms with Gasteiger partial charge in [0.15, 0.2) is 5.78 Å². The zero-order valence-electron chi connectivity index (χ0n) is 11.5. The molecule has 0 aliphatic heterocycles. The van der Waals surface area contributed by atoms with Crippen LogP contribution in [0.4, 0.5) is 0 Å². The molecule has 0 unspecified atom stereocenters. The normalized spacial score (nSPS) is 11.1. The fourth-order valence-electron chi connectivity index (χ4n) is 2.09. The van der Waals surface area contributed by atoms with Crippen LogP contribution in [0.2, 0.25) is 5.02 Å². The van der Waals surface area contributed by atoms with Crippen molar-refractivity contribution in [2.75, 3.05) is 0 Å². The molecule has 3 rings (SSSR count). The summed E-state index contributed by atoms with van der Waals surface area (Å²) in [4.78, 5) is 24.1. The predicted octanol–water partition coefficient (Wildman–Crippen LogP) is 4.34. The van der Waals surface area contributed by atoms with Crippen molar-refractivity contribution in [1.82, 2.24) is 0 Å². The molecule has 0 fully saturated rings. The van der Waals surface area contributed by atoms with Crippen LogP contribution in [0.15, 0.2) is 69.9 Å². The molecule has 0 radical (unpaired) electrons. The van der Waals surface area contributed by atoms with Crippen molar-refractivity contribution in [3.8, 4) is 0 Å². The lowest BCUT2D eigenvalue weighted by Crippen LogP contribution is -2.11. The van der Waals surface area contributed by atoms with Gasteiger partial charge >= 0.3 is 5.63 Å². The standard InChI is InChI=1S/C18H11ClO3/c19-14-7-9-17-13(10-14)11-15(18(21)22-17)16(20)8-6-12-4-2-1-3-5-12/h1-11H/b8-6+. The molecule has 0 saturated heterocycles. The van der Waals surface area contributed by atoms with Crippen LogP contribution in [0.1, 0.15) is 15.9 Å². The Morgan fingerprint density at radius 2 is 1.82 bits per heavy atom. The van der Waals surface area contributed by atoms with Gasteiger partial charge in [-0.2, -0.15) is 0 Å². The van der Waals surface area contributed by atoms with Crippen molar-refractivity contribution >= 4 is 34.4 Å². The van der Waals surface area contributed by atoms with Crippen molar-refractivity contribution in [3.63, 3.8) is 0 Å². The number of fused-ring (bicyclic) bond motifs is 1. The van der Waals surface area contributed by atoms with E-state index in [0.717, 1.165) is 5.56 Å². The number of halogens is 1. The zero-order chi connectivity index (χ0) is 15.5. The molecule has 0 saturated carbocycles. The number of hydrogen-bond donors (Lipinski definition) is 0. The molecule has 3 aromatic rings. The summed E-state index contributed by atoms with van der Waals surface area (Å²) in [5.74, 6) is -0.403. The first kappa shape index (κ1) is 14.3. The van der Waals surface area contributed by atoms with Gasteiger partial charge in [0.25, 0.3) is 0 Å². The highest BCUT2D eigenvalue weighted by molar-refractivity contribution is 6.31. The number of carbonyl (C=O) groups is 1. The van der Waals surface area contributed by atoms with E-state index >= 15 is 0 Å². The number of ketones is 1. The zero-order valence-corrected chi connectivity index (χ0v) is 12.2. The van der Waals surface area contributed by atoms with E-state index in [4.69, 9.17) is 16.0 Å². The van der Waals surface area contributed by atoms with Gasteiger partial charge in [0.2, 0.25) is 0 Å². The maximum atomic E-state index is 12.2. The van der Waals surface area contributed by atoms with Crippen LogP contribution < -0.4 is 5.63 Å². The Hall–Kier alpha value is -2.65. The monoisotopic (exact) mass is 310 g/mol. The third-order valence-electron chi connectivity index (χ3n) is 3.19. The Morgan fingerprint density at radius 3 is 2.59 bits per heavy atom. The summed E-state index contributed by atoms with van der Waals surface area (Å²) in [5, 5.41) is 1.13. The van der Waals surface area contributed by atoms with Crippen molar-refractivity contribution in [1.29, 1.82) is 0 Å². The number of rotatable bonds is 3. The summed E-state index contributed by atoms with van der Waals surface area (Å²) in [6.07, 6.45) is 3.02. The van der Waals surface area contributed by atoms with Crippen LogP contribution in [-0.2, 0) is 0 Å². The fourth-order valence-corrected chi connectivity index (χ4v) is 2.27. The maximum Gasteiger partial charge on any atom is 0.347 e. The Bertz CT molecular complexity index is 924. The lowest BCUT2D eigenvalue weighted by atomic mass is 10.1. The van der Waals surface area contributed by atoms with Gasteiger partial charge in [-0.1, -0.05) is 48.0 Å². The van der Waals surface area contributed by atoms with Gasteiger partial charge < -0.3 is 4.42 Å². The maximum absolute atomic E-state index is 12.2. The summed E-state index contributed by atoms with van der Waals surface area (Å²) in [7, 11) is 0. The first-order valence-corrected chi connectivity index (χ1v) is 7.02. The largest absolute Gasteiger partial charge is 0.422 e. The lowest BCUT2D eigenvalue weighted by Gasteiger charge is -2.00. The summed E-state index contributed by atoms with van der Waals surface area (Å²) in [6.45, 7) is 0. The number of benzene rings is 2. The molecule has 0 bridgehead atoms. The van der Waals surface area contributed by atoms with E-state index in [9.17, 15) is 9.59 Å². The van der Waals surface area contributed by atoms with E-state index in [1.807, 2.05) is 30.3 Å². The third-order valence-corrected chi connectivity index (χ3v) is 3.42. The average Bonchev–Trinajstić information content (AvgIpc) is 2.53. The lowest BCUT2D eigenvalue weighted by molar-refractivity contribution is 0.104. The highest BCUT2D eigenvalue weighted by Gasteiger charge is 2.11. The van der Waals surface area contributed by atoms with E-state index in [-0.39, 0.29) is 5.56 Å². The summed E-state index contributed by atoms with van der Waals surface area (Å²) in [6, 6.07) is 15.8. The Kier molecular flexibility index (Phi) is 3.90.